The molecule has 8 heteroatoms. The van der Waals surface area contributed by atoms with E-state index in [4.69, 9.17) is 10.1 Å². The normalized spacial score (nSPS) is 19.7. The van der Waals surface area contributed by atoms with Crippen molar-refractivity contribution < 1.29 is 8.42 Å². The van der Waals surface area contributed by atoms with Crippen LogP contribution in [0.25, 0.3) is 17.0 Å². The minimum atomic E-state index is -3.22. The maximum absolute atomic E-state index is 11.8. The zero-order valence-electron chi connectivity index (χ0n) is 21.3. The number of hydrogen-bond acceptors (Lipinski definition) is 6. The molecular formula is C27H37N5O2S. The first-order valence-electron chi connectivity index (χ1n) is 12.8. The maximum Gasteiger partial charge on any atom is 0.182 e. The Kier molecular flexibility index (Phi) is 6.72. The first-order valence-corrected chi connectivity index (χ1v) is 14.7. The molecule has 35 heavy (non-hydrogen) atoms. The van der Waals surface area contributed by atoms with Crippen LogP contribution in [0.15, 0.2) is 41.4 Å². The van der Waals surface area contributed by atoms with Crippen molar-refractivity contribution in [2.45, 2.75) is 69.4 Å². The number of rotatable bonds is 5. The van der Waals surface area contributed by atoms with E-state index in [1.54, 1.807) is 24.3 Å². The van der Waals surface area contributed by atoms with Gasteiger partial charge in [-0.1, -0.05) is 6.07 Å². The quantitative estimate of drug-likeness (QED) is 0.529. The third kappa shape index (κ3) is 5.15. The van der Waals surface area contributed by atoms with Crippen LogP contribution in [0.1, 0.15) is 56.6 Å². The number of sulfone groups is 1. The van der Waals surface area contributed by atoms with Gasteiger partial charge in [-0.3, -0.25) is 0 Å². The molecule has 2 aromatic heterocycles. The van der Waals surface area contributed by atoms with Gasteiger partial charge >= 0.3 is 0 Å². The van der Waals surface area contributed by atoms with E-state index in [1.165, 1.54) is 63.7 Å². The number of aromatic nitrogens is 3. The van der Waals surface area contributed by atoms with Gasteiger partial charge < -0.3 is 9.80 Å². The van der Waals surface area contributed by atoms with Crippen LogP contribution in [0.3, 0.4) is 0 Å². The standard InChI is InChI=1S/C27H37N5O2S/c1-19(2)30-15-11-24(12-16-30)31-13-9-21(10-14-31)23-17-20(3)27-28-26(29-32(27)18-23)22-5-7-25(8-6-22)35(4,33)34/h5-8,17-19,21,24H,9-16H2,1-4H3. The van der Waals surface area contributed by atoms with Crippen LogP contribution < -0.4 is 0 Å². The SMILES string of the molecule is Cc1cc(C2CCN(C3CCN(C(C)C)CC3)CC2)cn2nc(-c3ccc(S(C)(=O)=O)cc3)nc12. The predicted octanol–water partition coefficient (Wildman–Crippen LogP) is 4.16. The lowest BCUT2D eigenvalue weighted by Gasteiger charge is -2.42. The molecule has 188 valence electrons. The van der Waals surface area contributed by atoms with Crippen LogP contribution in [0.2, 0.25) is 0 Å². The molecule has 3 aromatic rings. The zero-order valence-corrected chi connectivity index (χ0v) is 22.1. The van der Waals surface area contributed by atoms with E-state index in [0.29, 0.717) is 22.7 Å². The maximum atomic E-state index is 11.8. The molecule has 2 aliphatic heterocycles. The van der Waals surface area contributed by atoms with Gasteiger partial charge in [-0.2, -0.15) is 0 Å². The summed E-state index contributed by atoms with van der Waals surface area (Å²) in [6, 6.07) is 10.5. The van der Waals surface area contributed by atoms with Gasteiger partial charge in [0.25, 0.3) is 0 Å². The summed E-state index contributed by atoms with van der Waals surface area (Å²) in [4.78, 5) is 10.4. The van der Waals surface area contributed by atoms with Gasteiger partial charge in [0.15, 0.2) is 21.3 Å². The number of hydrogen-bond donors (Lipinski definition) is 0. The largest absolute Gasteiger partial charge is 0.301 e. The second kappa shape index (κ2) is 9.64. The zero-order chi connectivity index (χ0) is 24.7. The van der Waals surface area contributed by atoms with Gasteiger partial charge in [-0.05, 0) is 114 Å². The minimum Gasteiger partial charge on any atom is -0.301 e. The molecule has 5 rings (SSSR count). The Morgan fingerprint density at radius 2 is 1.63 bits per heavy atom. The second-order valence-corrected chi connectivity index (χ2v) is 12.6. The van der Waals surface area contributed by atoms with Crippen LogP contribution in [0, 0.1) is 6.92 Å². The van der Waals surface area contributed by atoms with Crippen LogP contribution >= 0.6 is 0 Å². The summed E-state index contributed by atoms with van der Waals surface area (Å²) in [6.45, 7) is 11.5. The Balaban J connectivity index is 1.28. The molecule has 0 bridgehead atoms. The lowest BCUT2D eigenvalue weighted by Crippen LogP contribution is -2.48. The molecule has 0 unspecified atom stereocenters. The van der Waals surface area contributed by atoms with Crippen molar-refractivity contribution in [3.63, 3.8) is 0 Å². The van der Waals surface area contributed by atoms with Crippen molar-refractivity contribution >= 4 is 15.5 Å². The van der Waals surface area contributed by atoms with Gasteiger partial charge in [-0.15, -0.1) is 5.10 Å². The van der Waals surface area contributed by atoms with Crippen molar-refractivity contribution in [1.82, 2.24) is 24.4 Å². The van der Waals surface area contributed by atoms with E-state index in [9.17, 15) is 8.42 Å². The number of likely N-dealkylation sites (tertiary alicyclic amines) is 2. The van der Waals surface area contributed by atoms with Gasteiger partial charge in [0.1, 0.15) is 0 Å². The highest BCUT2D eigenvalue weighted by Crippen LogP contribution is 2.32. The summed E-state index contributed by atoms with van der Waals surface area (Å²) in [5.74, 6) is 1.17. The van der Waals surface area contributed by atoms with E-state index < -0.39 is 9.84 Å². The van der Waals surface area contributed by atoms with Crippen molar-refractivity contribution in [1.29, 1.82) is 0 Å². The number of pyridine rings is 1. The lowest BCUT2D eigenvalue weighted by molar-refractivity contribution is 0.0753. The number of piperidine rings is 2. The Labute approximate surface area is 209 Å². The van der Waals surface area contributed by atoms with Crippen molar-refractivity contribution in [3.8, 4) is 11.4 Å². The van der Waals surface area contributed by atoms with Crippen molar-refractivity contribution in [3.05, 3.63) is 47.7 Å². The first-order chi connectivity index (χ1) is 16.7. The fraction of sp³-hybridized carbons (Fsp3) is 0.556. The van der Waals surface area contributed by atoms with Crippen molar-refractivity contribution in [2.75, 3.05) is 32.4 Å². The van der Waals surface area contributed by atoms with Crippen LogP contribution in [0.5, 0.6) is 0 Å². The average Bonchev–Trinajstić information content (AvgIpc) is 3.29. The summed E-state index contributed by atoms with van der Waals surface area (Å²) in [7, 11) is -3.22. The lowest BCUT2D eigenvalue weighted by atomic mass is 9.88. The first kappa shape index (κ1) is 24.4. The number of fused-ring (bicyclic) bond motifs is 1. The fourth-order valence-electron chi connectivity index (χ4n) is 5.74. The summed E-state index contributed by atoms with van der Waals surface area (Å²) >= 11 is 0. The smallest absolute Gasteiger partial charge is 0.182 e. The van der Waals surface area contributed by atoms with Gasteiger partial charge in [-0.25, -0.2) is 17.9 Å². The van der Waals surface area contributed by atoms with Gasteiger partial charge in [0.05, 0.1) is 4.90 Å². The third-order valence-corrected chi connectivity index (χ3v) is 9.05. The molecule has 7 nitrogen and oxygen atoms in total. The highest BCUT2D eigenvalue weighted by atomic mass is 32.2. The Bertz CT molecular complexity index is 1280. The van der Waals surface area contributed by atoms with Crippen LogP contribution in [-0.2, 0) is 9.84 Å². The number of nitrogens with zero attached hydrogens (tertiary/aromatic N) is 5. The average molecular weight is 496 g/mol. The molecule has 0 aliphatic carbocycles. The molecule has 0 radical (unpaired) electrons. The Morgan fingerprint density at radius 1 is 0.971 bits per heavy atom. The van der Waals surface area contributed by atoms with E-state index in [1.807, 2.05) is 4.52 Å². The molecule has 1 aromatic carbocycles. The highest BCUT2D eigenvalue weighted by Gasteiger charge is 2.29. The van der Waals surface area contributed by atoms with E-state index in [0.717, 1.165) is 22.8 Å². The minimum absolute atomic E-state index is 0.306. The molecule has 2 fully saturated rings. The van der Waals surface area contributed by atoms with Gasteiger partial charge in [0, 0.05) is 30.1 Å². The van der Waals surface area contributed by atoms with E-state index in [2.05, 4.69) is 42.8 Å². The number of benzene rings is 1. The summed E-state index contributed by atoms with van der Waals surface area (Å²) in [6.07, 6.45) is 8.32. The Morgan fingerprint density at radius 3 is 2.23 bits per heavy atom. The molecule has 2 saturated heterocycles. The molecular weight excluding hydrogens is 458 g/mol. The van der Waals surface area contributed by atoms with Crippen LogP contribution in [-0.4, -0.2) is 77.3 Å². The molecule has 2 aliphatic rings. The topological polar surface area (TPSA) is 70.8 Å². The third-order valence-electron chi connectivity index (χ3n) is 7.93. The molecule has 0 saturated carbocycles. The summed E-state index contributed by atoms with van der Waals surface area (Å²) in [5, 5.41) is 4.74. The van der Waals surface area contributed by atoms with Crippen LogP contribution in [0.4, 0.5) is 0 Å². The van der Waals surface area contributed by atoms with Crippen molar-refractivity contribution in [2.24, 2.45) is 0 Å². The summed E-state index contributed by atoms with van der Waals surface area (Å²) in [5.41, 5.74) is 4.13. The van der Waals surface area contributed by atoms with E-state index in [-0.39, 0.29) is 0 Å². The second-order valence-electron chi connectivity index (χ2n) is 10.6. The molecule has 0 amide bonds. The Hall–Kier alpha value is -2.29. The predicted molar refractivity (Wildman–Crippen MR) is 140 cm³/mol. The summed E-state index contributed by atoms with van der Waals surface area (Å²) < 4.78 is 25.4. The van der Waals surface area contributed by atoms with E-state index >= 15 is 0 Å². The number of aryl methyl sites for hydroxylation is 1. The molecule has 0 spiro atoms. The highest BCUT2D eigenvalue weighted by molar-refractivity contribution is 7.90. The monoisotopic (exact) mass is 495 g/mol. The molecule has 0 N–H and O–H groups in total. The molecule has 4 heterocycles. The molecule has 0 atom stereocenters. The van der Waals surface area contributed by atoms with Gasteiger partial charge in [0.2, 0.25) is 0 Å². The fourth-order valence-corrected chi connectivity index (χ4v) is 6.37.